The lowest BCUT2D eigenvalue weighted by Crippen LogP contribution is -2.37. The number of benzene rings is 1. The van der Waals surface area contributed by atoms with E-state index in [1.807, 2.05) is 24.5 Å². The zero-order valence-corrected chi connectivity index (χ0v) is 21.0. The van der Waals surface area contributed by atoms with Gasteiger partial charge in [0.15, 0.2) is 0 Å². The van der Waals surface area contributed by atoms with Crippen LogP contribution in [0, 0.1) is 0 Å². The van der Waals surface area contributed by atoms with Gasteiger partial charge in [0.1, 0.15) is 17.1 Å². The first-order valence-electron chi connectivity index (χ1n) is 11.8. The summed E-state index contributed by atoms with van der Waals surface area (Å²) in [6.07, 6.45) is 12.6. The monoisotopic (exact) mass is 474 g/mol. The van der Waals surface area contributed by atoms with Crippen LogP contribution in [0.4, 0.5) is 0 Å². The Morgan fingerprint density at radius 1 is 1.21 bits per heavy atom. The SMILES string of the molecule is CCCCCc1cc(O)c2c(c1)OC(C)(C)CC2C1=CCN(Cc2cccnc2)CC1.Cl.O. The molecule has 2 aliphatic heterocycles. The summed E-state index contributed by atoms with van der Waals surface area (Å²) < 4.78 is 6.36. The molecule has 2 aromatic rings. The van der Waals surface area contributed by atoms with Gasteiger partial charge in [-0.2, -0.15) is 0 Å². The lowest BCUT2D eigenvalue weighted by atomic mass is 9.77. The maximum atomic E-state index is 11.0. The number of aryl methyl sites for hydroxylation is 1. The van der Waals surface area contributed by atoms with Gasteiger partial charge in [0.2, 0.25) is 0 Å². The van der Waals surface area contributed by atoms with Crippen LogP contribution in [0.1, 0.15) is 75.5 Å². The number of ether oxygens (including phenoxy) is 1. The van der Waals surface area contributed by atoms with Crippen LogP contribution in [0.5, 0.6) is 11.5 Å². The summed E-state index contributed by atoms with van der Waals surface area (Å²) in [7, 11) is 0. The Morgan fingerprint density at radius 3 is 2.70 bits per heavy atom. The second-order valence-corrected chi connectivity index (χ2v) is 9.73. The lowest BCUT2D eigenvalue weighted by Gasteiger charge is -2.40. The maximum absolute atomic E-state index is 11.0. The van der Waals surface area contributed by atoms with Crippen molar-refractivity contribution in [2.45, 2.75) is 77.4 Å². The third-order valence-electron chi connectivity index (χ3n) is 6.58. The Hall–Kier alpha value is -2.08. The van der Waals surface area contributed by atoms with Crippen LogP contribution >= 0.6 is 12.4 Å². The van der Waals surface area contributed by atoms with E-state index in [9.17, 15) is 5.11 Å². The van der Waals surface area contributed by atoms with Crippen molar-refractivity contribution in [3.63, 3.8) is 0 Å². The van der Waals surface area contributed by atoms with Gasteiger partial charge >= 0.3 is 0 Å². The number of rotatable bonds is 7. The van der Waals surface area contributed by atoms with Crippen LogP contribution in [0.3, 0.4) is 0 Å². The molecule has 0 amide bonds. The molecule has 1 atom stereocenters. The van der Waals surface area contributed by atoms with E-state index in [2.05, 4.69) is 48.9 Å². The predicted octanol–water partition coefficient (Wildman–Crippen LogP) is 5.59. The van der Waals surface area contributed by atoms with Gasteiger partial charge in [-0.15, -0.1) is 12.4 Å². The molecule has 5 nitrogen and oxygen atoms in total. The second-order valence-electron chi connectivity index (χ2n) is 9.73. The summed E-state index contributed by atoms with van der Waals surface area (Å²) >= 11 is 0. The van der Waals surface area contributed by atoms with Gasteiger partial charge in [0, 0.05) is 43.5 Å². The molecule has 182 valence electrons. The topological polar surface area (TPSA) is 77.1 Å². The summed E-state index contributed by atoms with van der Waals surface area (Å²) in [6.45, 7) is 9.46. The van der Waals surface area contributed by atoms with Crippen molar-refractivity contribution in [3.8, 4) is 11.5 Å². The highest BCUT2D eigenvalue weighted by atomic mass is 35.5. The third kappa shape index (κ3) is 6.72. The number of hydrogen-bond acceptors (Lipinski definition) is 4. The van der Waals surface area contributed by atoms with E-state index >= 15 is 0 Å². The Kier molecular flexibility index (Phi) is 9.77. The number of nitrogens with zero attached hydrogens (tertiary/aromatic N) is 2. The van der Waals surface area contributed by atoms with E-state index in [1.165, 1.54) is 29.5 Å². The number of hydrogen-bond donors (Lipinski definition) is 1. The fraction of sp³-hybridized carbons (Fsp3) is 0.519. The van der Waals surface area contributed by atoms with Crippen LogP contribution in [0.2, 0.25) is 0 Å². The molecule has 0 saturated carbocycles. The van der Waals surface area contributed by atoms with Crippen molar-refractivity contribution in [1.29, 1.82) is 0 Å². The summed E-state index contributed by atoms with van der Waals surface area (Å²) in [5.41, 5.74) is 4.63. The zero-order chi connectivity index (χ0) is 21.8. The molecule has 3 N–H and O–H groups in total. The summed E-state index contributed by atoms with van der Waals surface area (Å²) in [4.78, 5) is 6.70. The second kappa shape index (κ2) is 11.9. The van der Waals surface area contributed by atoms with Crippen molar-refractivity contribution in [1.82, 2.24) is 9.88 Å². The third-order valence-corrected chi connectivity index (χ3v) is 6.58. The Labute approximate surface area is 204 Å². The van der Waals surface area contributed by atoms with Gasteiger partial charge in [0.25, 0.3) is 0 Å². The molecule has 0 spiro atoms. The first-order chi connectivity index (χ1) is 14.9. The van der Waals surface area contributed by atoms with Crippen molar-refractivity contribution < 1.29 is 15.3 Å². The molecule has 1 aromatic carbocycles. The highest BCUT2D eigenvalue weighted by molar-refractivity contribution is 5.85. The van der Waals surface area contributed by atoms with Crippen LogP contribution in [0.25, 0.3) is 0 Å². The van der Waals surface area contributed by atoms with Gasteiger partial charge in [-0.1, -0.05) is 37.5 Å². The number of pyridine rings is 1. The number of unbranched alkanes of at least 4 members (excludes halogenated alkanes) is 2. The van der Waals surface area contributed by atoms with E-state index in [0.717, 1.165) is 56.6 Å². The highest BCUT2D eigenvalue weighted by Crippen LogP contribution is 2.49. The van der Waals surface area contributed by atoms with E-state index in [4.69, 9.17) is 4.74 Å². The van der Waals surface area contributed by atoms with E-state index in [0.29, 0.717) is 5.75 Å². The molecule has 0 aliphatic carbocycles. The van der Waals surface area contributed by atoms with Gasteiger partial charge in [0.05, 0.1) is 0 Å². The molecule has 4 rings (SSSR count). The molecule has 1 unspecified atom stereocenters. The summed E-state index contributed by atoms with van der Waals surface area (Å²) in [5, 5.41) is 11.0. The molecule has 0 radical (unpaired) electrons. The molecule has 0 saturated heterocycles. The normalized spacial score (nSPS) is 19.4. The Morgan fingerprint density at radius 2 is 2.03 bits per heavy atom. The van der Waals surface area contributed by atoms with Crippen molar-refractivity contribution in [2.24, 2.45) is 0 Å². The van der Waals surface area contributed by atoms with Gasteiger partial charge in [-0.05, 0) is 68.9 Å². The van der Waals surface area contributed by atoms with Gasteiger partial charge in [-0.25, -0.2) is 0 Å². The number of phenolic OH excluding ortho intramolecular Hbond substituents is 1. The number of aromatic hydroxyl groups is 1. The van der Waals surface area contributed by atoms with Crippen molar-refractivity contribution in [2.75, 3.05) is 13.1 Å². The minimum absolute atomic E-state index is 0. The minimum Gasteiger partial charge on any atom is -0.507 e. The van der Waals surface area contributed by atoms with Crippen LogP contribution in [-0.4, -0.2) is 39.2 Å². The number of aromatic nitrogens is 1. The van der Waals surface area contributed by atoms with Crippen LogP contribution in [-0.2, 0) is 13.0 Å². The first-order valence-corrected chi connectivity index (χ1v) is 11.8. The smallest absolute Gasteiger partial charge is 0.127 e. The van der Waals surface area contributed by atoms with Crippen LogP contribution in [0.15, 0.2) is 48.3 Å². The van der Waals surface area contributed by atoms with Crippen molar-refractivity contribution in [3.05, 3.63) is 65.0 Å². The average Bonchev–Trinajstić information content (AvgIpc) is 2.74. The van der Waals surface area contributed by atoms with Crippen LogP contribution < -0.4 is 4.74 Å². The number of halogens is 1. The van der Waals surface area contributed by atoms with Crippen molar-refractivity contribution >= 4 is 12.4 Å². The molecule has 6 heteroatoms. The molecule has 33 heavy (non-hydrogen) atoms. The van der Waals surface area contributed by atoms with E-state index < -0.39 is 0 Å². The lowest BCUT2D eigenvalue weighted by molar-refractivity contribution is 0.0745. The van der Waals surface area contributed by atoms with E-state index in [-0.39, 0.29) is 29.4 Å². The maximum Gasteiger partial charge on any atom is 0.127 e. The summed E-state index contributed by atoms with van der Waals surface area (Å²) in [5.74, 6) is 1.51. The molecular weight excluding hydrogens is 436 g/mol. The minimum atomic E-state index is -0.236. The zero-order valence-electron chi connectivity index (χ0n) is 20.1. The Balaban J connectivity index is 0.00000193. The van der Waals surface area contributed by atoms with Gasteiger partial charge in [-0.3, -0.25) is 9.88 Å². The fourth-order valence-corrected chi connectivity index (χ4v) is 5.01. The summed E-state index contributed by atoms with van der Waals surface area (Å²) in [6, 6.07) is 8.29. The molecular formula is C27H39ClN2O3. The molecule has 1 aromatic heterocycles. The quantitative estimate of drug-likeness (QED) is 0.419. The standard InChI is InChI=1S/C27H36N2O2.ClH.H2O/c1-4-5-6-8-20-15-24(30)26-23(17-27(2,3)31-25(26)16-20)22-10-13-29(14-11-22)19-21-9-7-12-28-18-21;;/h7,9-10,12,15-16,18,23,30H,4-6,8,11,13-14,17,19H2,1-3H3;1H;1H2. The number of fused-ring (bicyclic) bond motifs is 1. The predicted molar refractivity (Wildman–Crippen MR) is 136 cm³/mol. The highest BCUT2D eigenvalue weighted by Gasteiger charge is 2.38. The fourth-order valence-electron chi connectivity index (χ4n) is 5.01. The molecule has 0 bridgehead atoms. The largest absolute Gasteiger partial charge is 0.507 e. The Bertz CT molecular complexity index is 930. The van der Waals surface area contributed by atoms with E-state index in [1.54, 1.807) is 0 Å². The molecule has 2 aliphatic rings. The molecule has 3 heterocycles. The molecule has 0 fully saturated rings. The first kappa shape index (κ1) is 27.2. The number of phenols is 1. The van der Waals surface area contributed by atoms with Gasteiger partial charge < -0.3 is 15.3 Å². The average molecular weight is 475 g/mol.